The molecule has 0 saturated heterocycles. The van der Waals surface area contributed by atoms with Crippen molar-refractivity contribution in [3.8, 4) is 0 Å². The first-order chi connectivity index (χ1) is 12.4. The summed E-state index contributed by atoms with van der Waals surface area (Å²) in [6, 6.07) is 8.36. The third-order valence-corrected chi connectivity index (χ3v) is 5.05. The fourth-order valence-corrected chi connectivity index (χ4v) is 3.51. The number of nitrogens with one attached hydrogen (secondary N) is 1. The molecule has 5 nitrogen and oxygen atoms in total. The van der Waals surface area contributed by atoms with E-state index in [1.165, 1.54) is 30.3 Å². The largest absolute Gasteiger partial charge is 0.418 e. The number of benzene rings is 2. The van der Waals surface area contributed by atoms with Crippen LogP contribution in [0.15, 0.2) is 42.5 Å². The number of nitrogens with zero attached hydrogens (tertiary/aromatic N) is 1. The van der Waals surface area contributed by atoms with E-state index in [1.807, 2.05) is 0 Å². The highest BCUT2D eigenvalue weighted by Crippen LogP contribution is 2.35. The Morgan fingerprint density at radius 2 is 1.78 bits per heavy atom. The molecule has 2 aromatic rings. The second kappa shape index (κ2) is 7.95. The zero-order valence-corrected chi connectivity index (χ0v) is 16.0. The lowest BCUT2D eigenvalue weighted by molar-refractivity contribution is -0.137. The number of para-hydroxylation sites is 1. The maximum absolute atomic E-state index is 13.0. The van der Waals surface area contributed by atoms with Gasteiger partial charge in [0, 0.05) is 5.02 Å². The molecule has 2 aromatic carbocycles. The van der Waals surface area contributed by atoms with Crippen LogP contribution in [0.1, 0.15) is 5.56 Å². The number of sulfonamides is 1. The number of hydrogen-bond acceptors (Lipinski definition) is 3. The molecule has 2 rings (SSSR count). The fourth-order valence-electron chi connectivity index (χ4n) is 2.22. The van der Waals surface area contributed by atoms with E-state index in [0.717, 1.165) is 18.4 Å². The summed E-state index contributed by atoms with van der Waals surface area (Å²) in [5.41, 5.74) is -1.60. The topological polar surface area (TPSA) is 66.5 Å². The number of alkyl halides is 3. The first-order valence-corrected chi connectivity index (χ1v) is 9.89. The number of halogens is 5. The standard InChI is InChI=1S/C16H13Cl2F3N2O3S/c1-27(25,26)23(14-8-10(17)6-7-12(14)18)9-15(24)22-13-5-3-2-4-11(13)16(19,20)21/h2-8H,9H2,1H3,(H,22,24). The van der Waals surface area contributed by atoms with Crippen molar-refractivity contribution in [2.45, 2.75) is 6.18 Å². The molecule has 0 aliphatic carbocycles. The van der Waals surface area contributed by atoms with Crippen LogP contribution in [-0.2, 0) is 21.0 Å². The predicted octanol–water partition coefficient (Wildman–Crippen LogP) is 4.42. The van der Waals surface area contributed by atoms with Crippen molar-refractivity contribution in [3.05, 3.63) is 58.1 Å². The van der Waals surface area contributed by atoms with Gasteiger partial charge in [-0.25, -0.2) is 8.42 Å². The third-order valence-electron chi connectivity index (χ3n) is 3.37. The zero-order chi connectivity index (χ0) is 20.4. The third kappa shape index (κ3) is 5.50. The average molecular weight is 441 g/mol. The maximum atomic E-state index is 13.0. The van der Waals surface area contributed by atoms with Crippen LogP contribution < -0.4 is 9.62 Å². The Bertz CT molecular complexity index is 966. The van der Waals surface area contributed by atoms with Gasteiger partial charge in [-0.3, -0.25) is 9.10 Å². The van der Waals surface area contributed by atoms with E-state index >= 15 is 0 Å². The van der Waals surface area contributed by atoms with Gasteiger partial charge in [-0.15, -0.1) is 0 Å². The maximum Gasteiger partial charge on any atom is 0.418 e. The minimum Gasteiger partial charge on any atom is -0.324 e. The molecule has 0 aliphatic rings. The first-order valence-electron chi connectivity index (χ1n) is 7.28. The van der Waals surface area contributed by atoms with Crippen LogP contribution in [0.4, 0.5) is 24.5 Å². The Balaban J connectivity index is 2.33. The predicted molar refractivity (Wildman–Crippen MR) is 98.7 cm³/mol. The molecule has 0 heterocycles. The van der Waals surface area contributed by atoms with Gasteiger partial charge in [-0.2, -0.15) is 13.2 Å². The lowest BCUT2D eigenvalue weighted by atomic mass is 10.1. The summed E-state index contributed by atoms with van der Waals surface area (Å²) in [6.45, 7) is -0.787. The van der Waals surface area contributed by atoms with E-state index in [9.17, 15) is 26.4 Å². The van der Waals surface area contributed by atoms with Gasteiger partial charge in [-0.1, -0.05) is 35.3 Å². The van der Waals surface area contributed by atoms with Crippen molar-refractivity contribution in [2.75, 3.05) is 22.4 Å². The summed E-state index contributed by atoms with van der Waals surface area (Å²) < 4.78 is 63.9. The number of hydrogen-bond donors (Lipinski definition) is 1. The molecule has 0 aromatic heterocycles. The zero-order valence-electron chi connectivity index (χ0n) is 13.7. The van der Waals surface area contributed by atoms with Crippen LogP contribution in [0.3, 0.4) is 0 Å². The summed E-state index contributed by atoms with van der Waals surface area (Å²) in [7, 11) is -3.98. The van der Waals surface area contributed by atoms with E-state index in [4.69, 9.17) is 23.2 Å². The minimum absolute atomic E-state index is 0.00770. The molecule has 0 fully saturated rings. The monoisotopic (exact) mass is 440 g/mol. The van der Waals surface area contributed by atoms with Crippen LogP contribution in [0.5, 0.6) is 0 Å². The normalized spacial score (nSPS) is 11.9. The molecule has 0 aliphatic heterocycles. The molecule has 1 N–H and O–H groups in total. The molecule has 0 atom stereocenters. The molecule has 0 radical (unpaired) electrons. The molecule has 0 saturated carbocycles. The Morgan fingerprint density at radius 1 is 1.15 bits per heavy atom. The van der Waals surface area contributed by atoms with Crippen LogP contribution >= 0.6 is 23.2 Å². The number of carbonyl (C=O) groups excluding carboxylic acids is 1. The molecule has 0 spiro atoms. The van der Waals surface area contributed by atoms with E-state index in [0.29, 0.717) is 4.31 Å². The fraction of sp³-hybridized carbons (Fsp3) is 0.188. The molecular formula is C16H13Cl2F3N2O3S. The van der Waals surface area contributed by atoms with Crippen molar-refractivity contribution in [1.29, 1.82) is 0 Å². The molecule has 0 unspecified atom stereocenters. The van der Waals surface area contributed by atoms with E-state index < -0.39 is 39.9 Å². The van der Waals surface area contributed by atoms with Crippen molar-refractivity contribution < 1.29 is 26.4 Å². The lowest BCUT2D eigenvalue weighted by Gasteiger charge is -2.23. The summed E-state index contributed by atoms with van der Waals surface area (Å²) in [5.74, 6) is -0.979. The van der Waals surface area contributed by atoms with Crippen molar-refractivity contribution in [1.82, 2.24) is 0 Å². The van der Waals surface area contributed by atoms with Crippen molar-refractivity contribution in [3.63, 3.8) is 0 Å². The summed E-state index contributed by atoms with van der Waals surface area (Å²) in [5, 5.41) is 2.26. The minimum atomic E-state index is -4.68. The quantitative estimate of drug-likeness (QED) is 0.748. The Kier molecular flexibility index (Phi) is 6.28. The smallest absolute Gasteiger partial charge is 0.324 e. The lowest BCUT2D eigenvalue weighted by Crippen LogP contribution is -2.37. The van der Waals surface area contributed by atoms with Gasteiger partial charge in [0.1, 0.15) is 6.54 Å². The Morgan fingerprint density at radius 3 is 2.37 bits per heavy atom. The summed E-state index contributed by atoms with van der Waals surface area (Å²) in [4.78, 5) is 12.3. The average Bonchev–Trinajstić information content (AvgIpc) is 2.53. The van der Waals surface area contributed by atoms with Gasteiger partial charge in [0.25, 0.3) is 0 Å². The molecule has 1 amide bonds. The molecule has 0 bridgehead atoms. The van der Waals surface area contributed by atoms with Crippen LogP contribution in [-0.4, -0.2) is 27.1 Å². The number of rotatable bonds is 5. The van der Waals surface area contributed by atoms with Gasteiger partial charge in [-0.05, 0) is 30.3 Å². The second-order valence-corrected chi connectivity index (χ2v) is 8.21. The number of amides is 1. The van der Waals surface area contributed by atoms with Gasteiger partial charge in [0.05, 0.1) is 28.2 Å². The second-order valence-electron chi connectivity index (χ2n) is 5.46. The van der Waals surface area contributed by atoms with E-state index in [1.54, 1.807) is 0 Å². The summed E-state index contributed by atoms with van der Waals surface area (Å²) >= 11 is 11.8. The highest BCUT2D eigenvalue weighted by molar-refractivity contribution is 7.92. The van der Waals surface area contributed by atoms with Gasteiger partial charge < -0.3 is 5.32 Å². The number of carbonyl (C=O) groups is 1. The van der Waals surface area contributed by atoms with Gasteiger partial charge in [0.15, 0.2) is 0 Å². The van der Waals surface area contributed by atoms with Crippen molar-refractivity contribution >= 4 is 50.5 Å². The Hall–Kier alpha value is -1.97. The Labute approximate surface area is 163 Å². The number of anilines is 2. The highest BCUT2D eigenvalue weighted by Gasteiger charge is 2.34. The van der Waals surface area contributed by atoms with Gasteiger partial charge in [0.2, 0.25) is 15.9 Å². The van der Waals surface area contributed by atoms with Gasteiger partial charge >= 0.3 is 6.18 Å². The van der Waals surface area contributed by atoms with E-state index in [-0.39, 0.29) is 15.7 Å². The molecule has 27 heavy (non-hydrogen) atoms. The summed E-state index contributed by atoms with van der Waals surface area (Å²) in [6.07, 6.45) is -3.85. The van der Waals surface area contributed by atoms with Crippen molar-refractivity contribution in [2.24, 2.45) is 0 Å². The first kappa shape index (κ1) is 21.3. The van der Waals surface area contributed by atoms with Crippen LogP contribution in [0, 0.1) is 0 Å². The molecule has 11 heteroatoms. The van der Waals surface area contributed by atoms with E-state index in [2.05, 4.69) is 5.32 Å². The SMILES string of the molecule is CS(=O)(=O)N(CC(=O)Nc1ccccc1C(F)(F)F)c1cc(Cl)ccc1Cl. The molecule has 146 valence electrons. The van der Waals surface area contributed by atoms with Crippen LogP contribution in [0.25, 0.3) is 0 Å². The van der Waals surface area contributed by atoms with Crippen LogP contribution in [0.2, 0.25) is 10.0 Å². The highest BCUT2D eigenvalue weighted by atomic mass is 35.5. The molecular weight excluding hydrogens is 428 g/mol.